The Kier molecular flexibility index (Phi) is 4.12. The Morgan fingerprint density at radius 3 is 2.93 bits per heavy atom. The topological polar surface area (TPSA) is 78.1 Å². The van der Waals surface area contributed by atoms with Crippen molar-refractivity contribution in [2.45, 2.75) is 35.4 Å². The van der Waals surface area contributed by atoms with Crippen LogP contribution in [0.3, 0.4) is 0 Å². The van der Waals surface area contributed by atoms with Gasteiger partial charge < -0.3 is 10.3 Å². The lowest BCUT2D eigenvalue weighted by molar-refractivity contribution is -0.124. The van der Waals surface area contributed by atoms with Crippen LogP contribution in [0.25, 0.3) is 11.0 Å². The molecule has 1 saturated heterocycles. The zero-order chi connectivity index (χ0) is 19.1. The van der Waals surface area contributed by atoms with Gasteiger partial charge in [-0.2, -0.15) is 0 Å². The number of fused-ring (bicyclic) bond motifs is 4. The molecule has 28 heavy (non-hydrogen) atoms. The van der Waals surface area contributed by atoms with E-state index in [1.807, 2.05) is 48.5 Å². The molecule has 0 spiro atoms. The van der Waals surface area contributed by atoms with E-state index in [0.717, 1.165) is 40.3 Å². The second kappa shape index (κ2) is 6.67. The first kappa shape index (κ1) is 17.3. The summed E-state index contributed by atoms with van der Waals surface area (Å²) in [6.45, 7) is 0.552. The van der Waals surface area contributed by atoms with Crippen molar-refractivity contribution in [2.24, 2.45) is 0 Å². The number of carbonyl (C=O) groups excluding carboxylic acids is 2. The summed E-state index contributed by atoms with van der Waals surface area (Å²) in [4.78, 5) is 35.3. The first-order chi connectivity index (χ1) is 13.7. The Morgan fingerprint density at radius 2 is 2.04 bits per heavy atom. The zero-order valence-corrected chi connectivity index (χ0v) is 16.1. The number of nitrogens with one attached hydrogen (secondary N) is 2. The average Bonchev–Trinajstić information content (AvgIpc) is 3.36. The Bertz CT molecular complexity index is 1050. The highest BCUT2D eigenvalue weighted by Crippen LogP contribution is 2.55. The number of hydrogen-bond acceptors (Lipinski definition) is 4. The average molecular weight is 392 g/mol. The van der Waals surface area contributed by atoms with Crippen LogP contribution in [-0.2, 0) is 16.0 Å². The number of imidazole rings is 1. The van der Waals surface area contributed by atoms with E-state index in [9.17, 15) is 9.59 Å². The molecule has 5 rings (SSSR count). The predicted molar refractivity (Wildman–Crippen MR) is 109 cm³/mol. The lowest BCUT2D eigenvalue weighted by atomic mass is 10.1. The Balaban J connectivity index is 1.24. The second-order valence-corrected chi connectivity index (χ2v) is 8.46. The van der Waals surface area contributed by atoms with E-state index in [0.29, 0.717) is 19.4 Å². The van der Waals surface area contributed by atoms with Gasteiger partial charge in [0.25, 0.3) is 5.91 Å². The smallest absolute Gasteiger partial charge is 0.257 e. The highest BCUT2D eigenvalue weighted by atomic mass is 32.2. The molecule has 2 amide bonds. The number of H-pyrrole nitrogens is 1. The summed E-state index contributed by atoms with van der Waals surface area (Å²) in [7, 11) is 0. The summed E-state index contributed by atoms with van der Waals surface area (Å²) in [5, 5.41) is 3.05. The molecule has 2 aliphatic rings. The minimum Gasteiger partial charge on any atom is -0.353 e. The number of amides is 2. The number of benzene rings is 2. The molecule has 142 valence electrons. The molecule has 0 saturated carbocycles. The van der Waals surface area contributed by atoms with E-state index in [-0.39, 0.29) is 11.8 Å². The third-order valence-electron chi connectivity index (χ3n) is 5.34. The van der Waals surface area contributed by atoms with Crippen LogP contribution >= 0.6 is 11.8 Å². The van der Waals surface area contributed by atoms with Gasteiger partial charge in [0.2, 0.25) is 5.91 Å². The van der Waals surface area contributed by atoms with Gasteiger partial charge in [0.05, 0.1) is 16.7 Å². The first-order valence-electron chi connectivity index (χ1n) is 9.50. The third-order valence-corrected chi connectivity index (χ3v) is 6.82. The SMILES string of the molecule is O=C1CCC2(C(=O)NCCCc3nc4ccccc4[nH]3)Sc3ccccc3N12. The molecule has 0 aliphatic carbocycles. The van der Waals surface area contributed by atoms with Crippen LogP contribution in [0.5, 0.6) is 0 Å². The third kappa shape index (κ3) is 2.69. The van der Waals surface area contributed by atoms with Gasteiger partial charge in [-0.15, -0.1) is 0 Å². The van der Waals surface area contributed by atoms with Gasteiger partial charge in [0.1, 0.15) is 5.82 Å². The molecule has 7 heteroatoms. The minimum atomic E-state index is -0.833. The van der Waals surface area contributed by atoms with Crippen molar-refractivity contribution in [3.8, 4) is 0 Å². The highest BCUT2D eigenvalue weighted by molar-refractivity contribution is 8.02. The first-order valence-corrected chi connectivity index (χ1v) is 10.3. The molecule has 1 atom stereocenters. The van der Waals surface area contributed by atoms with Crippen LogP contribution in [0.4, 0.5) is 5.69 Å². The molecule has 1 aromatic heterocycles. The molecule has 1 fully saturated rings. The van der Waals surface area contributed by atoms with Gasteiger partial charge in [-0.25, -0.2) is 4.98 Å². The molecule has 3 heterocycles. The fraction of sp³-hybridized carbons (Fsp3) is 0.286. The number of aromatic nitrogens is 2. The van der Waals surface area contributed by atoms with Gasteiger partial charge in [0, 0.05) is 24.3 Å². The summed E-state index contributed by atoms with van der Waals surface area (Å²) in [5.41, 5.74) is 2.84. The van der Waals surface area contributed by atoms with E-state index < -0.39 is 4.87 Å². The van der Waals surface area contributed by atoms with E-state index in [1.54, 1.807) is 4.90 Å². The van der Waals surface area contributed by atoms with Crippen LogP contribution in [0, 0.1) is 0 Å². The minimum absolute atomic E-state index is 0.0230. The van der Waals surface area contributed by atoms with Crippen LogP contribution in [-0.4, -0.2) is 33.2 Å². The predicted octanol–water partition coefficient (Wildman–Crippen LogP) is 3.24. The van der Waals surface area contributed by atoms with Gasteiger partial charge >= 0.3 is 0 Å². The van der Waals surface area contributed by atoms with Crippen molar-refractivity contribution in [1.29, 1.82) is 0 Å². The second-order valence-electron chi connectivity index (χ2n) is 7.14. The number of thioether (sulfide) groups is 1. The number of hydrogen-bond donors (Lipinski definition) is 2. The van der Waals surface area contributed by atoms with Crippen molar-refractivity contribution >= 4 is 40.3 Å². The summed E-state index contributed by atoms with van der Waals surface area (Å²) < 4.78 is 0. The number of para-hydroxylation sites is 3. The number of anilines is 1. The quantitative estimate of drug-likeness (QED) is 0.654. The molecule has 2 aromatic carbocycles. The molecular weight excluding hydrogens is 372 g/mol. The van der Waals surface area contributed by atoms with Gasteiger partial charge in [0.15, 0.2) is 4.87 Å². The van der Waals surface area contributed by atoms with Crippen LogP contribution < -0.4 is 10.2 Å². The Morgan fingerprint density at radius 1 is 1.21 bits per heavy atom. The number of rotatable bonds is 5. The van der Waals surface area contributed by atoms with E-state index >= 15 is 0 Å². The van der Waals surface area contributed by atoms with Gasteiger partial charge in [-0.05, 0) is 37.1 Å². The van der Waals surface area contributed by atoms with Gasteiger partial charge in [-0.3, -0.25) is 14.5 Å². The van der Waals surface area contributed by atoms with E-state index in [4.69, 9.17) is 0 Å². The molecule has 3 aromatic rings. The van der Waals surface area contributed by atoms with Crippen molar-refractivity contribution in [3.63, 3.8) is 0 Å². The van der Waals surface area contributed by atoms with Crippen molar-refractivity contribution in [3.05, 3.63) is 54.4 Å². The lowest BCUT2D eigenvalue weighted by Crippen LogP contribution is -2.52. The van der Waals surface area contributed by atoms with Gasteiger partial charge in [-0.1, -0.05) is 36.0 Å². The molecule has 2 N–H and O–H groups in total. The number of nitrogens with zero attached hydrogens (tertiary/aromatic N) is 2. The zero-order valence-electron chi connectivity index (χ0n) is 15.3. The van der Waals surface area contributed by atoms with Crippen LogP contribution in [0.1, 0.15) is 25.1 Å². The highest BCUT2D eigenvalue weighted by Gasteiger charge is 2.57. The fourth-order valence-electron chi connectivity index (χ4n) is 4.02. The van der Waals surface area contributed by atoms with Crippen LogP contribution in [0.2, 0.25) is 0 Å². The molecule has 0 radical (unpaired) electrons. The summed E-state index contributed by atoms with van der Waals surface area (Å²) in [5.74, 6) is 0.868. The maximum Gasteiger partial charge on any atom is 0.257 e. The van der Waals surface area contributed by atoms with E-state index in [2.05, 4.69) is 15.3 Å². The summed E-state index contributed by atoms with van der Waals surface area (Å²) in [6, 6.07) is 15.7. The maximum atomic E-state index is 13.1. The number of aromatic amines is 1. The fourth-order valence-corrected chi connectivity index (χ4v) is 5.45. The normalized spacial score (nSPS) is 20.4. The molecule has 6 nitrogen and oxygen atoms in total. The Labute approximate surface area is 166 Å². The van der Waals surface area contributed by atoms with Crippen LogP contribution in [0.15, 0.2) is 53.4 Å². The lowest BCUT2D eigenvalue weighted by Gasteiger charge is -2.29. The summed E-state index contributed by atoms with van der Waals surface area (Å²) in [6.07, 6.45) is 2.50. The maximum absolute atomic E-state index is 13.1. The van der Waals surface area contributed by atoms with E-state index in [1.165, 1.54) is 11.8 Å². The molecule has 2 aliphatic heterocycles. The largest absolute Gasteiger partial charge is 0.353 e. The number of carbonyl (C=O) groups is 2. The molecule has 1 unspecified atom stereocenters. The van der Waals surface area contributed by atoms with Crippen molar-refractivity contribution in [1.82, 2.24) is 15.3 Å². The molecule has 0 bridgehead atoms. The Hall–Kier alpha value is -2.80. The standard InChI is InChI=1S/C21H20N4O2S/c26-19-11-12-21(25(19)16-8-3-4-9-17(16)28-21)20(27)22-13-5-10-18-23-14-6-1-2-7-15(14)24-18/h1-4,6-9H,5,10-13H2,(H,22,27)(H,23,24). The number of aryl methyl sites for hydroxylation is 1. The monoisotopic (exact) mass is 392 g/mol. The summed E-state index contributed by atoms with van der Waals surface area (Å²) >= 11 is 1.50. The van der Waals surface area contributed by atoms with Crippen molar-refractivity contribution < 1.29 is 9.59 Å². The molecular formula is C21H20N4O2S. The van der Waals surface area contributed by atoms with Crippen molar-refractivity contribution in [2.75, 3.05) is 11.4 Å².